The number of carbonyl (C=O) groups is 1. The van der Waals surface area contributed by atoms with Crippen molar-refractivity contribution >= 4 is 16.7 Å². The highest BCUT2D eigenvalue weighted by molar-refractivity contribution is 5.89. The van der Waals surface area contributed by atoms with Gasteiger partial charge in [-0.1, -0.05) is 72.8 Å². The first-order chi connectivity index (χ1) is 12.6. The van der Waals surface area contributed by atoms with E-state index in [4.69, 9.17) is 9.57 Å². The van der Waals surface area contributed by atoms with Crippen molar-refractivity contribution in [3.05, 3.63) is 83.9 Å². The Hall–Kier alpha value is -2.69. The number of hydroxylamine groups is 2. The molecular formula is C22H21NO3. The number of ether oxygens (including phenoxy) is 1. The van der Waals surface area contributed by atoms with Gasteiger partial charge in [0.15, 0.2) is 6.23 Å². The van der Waals surface area contributed by atoms with Crippen molar-refractivity contribution in [3.63, 3.8) is 0 Å². The quantitative estimate of drug-likeness (QED) is 0.692. The van der Waals surface area contributed by atoms with E-state index in [9.17, 15) is 4.79 Å². The number of nitrogens with zero attached hydrogens (tertiary/aromatic N) is 1. The van der Waals surface area contributed by atoms with Gasteiger partial charge in [-0.2, -0.15) is 5.06 Å². The summed E-state index contributed by atoms with van der Waals surface area (Å²) in [6.45, 7) is 3.87. The normalized spacial score (nSPS) is 19.2. The first-order valence-corrected chi connectivity index (χ1v) is 8.72. The van der Waals surface area contributed by atoms with Gasteiger partial charge in [0.2, 0.25) is 0 Å². The van der Waals surface area contributed by atoms with E-state index < -0.39 is 11.8 Å². The molecular weight excluding hydrogens is 326 g/mol. The van der Waals surface area contributed by atoms with Crippen molar-refractivity contribution < 1.29 is 14.4 Å². The second-order valence-electron chi connectivity index (χ2n) is 6.94. The molecule has 0 N–H and O–H groups in total. The Morgan fingerprint density at radius 1 is 0.962 bits per heavy atom. The lowest BCUT2D eigenvalue weighted by atomic mass is 10.0. The molecule has 3 aromatic carbocycles. The van der Waals surface area contributed by atoms with Gasteiger partial charge < -0.3 is 4.74 Å². The van der Waals surface area contributed by atoms with Gasteiger partial charge >= 0.3 is 0 Å². The number of rotatable bonds is 4. The summed E-state index contributed by atoms with van der Waals surface area (Å²) >= 11 is 0. The van der Waals surface area contributed by atoms with Crippen molar-refractivity contribution in [2.75, 3.05) is 0 Å². The number of carbonyl (C=O) groups excluding carboxylic acids is 1. The van der Waals surface area contributed by atoms with E-state index in [0.29, 0.717) is 6.61 Å². The number of amides is 1. The van der Waals surface area contributed by atoms with Crippen molar-refractivity contribution in [1.82, 2.24) is 5.06 Å². The molecule has 0 aliphatic carbocycles. The zero-order valence-corrected chi connectivity index (χ0v) is 14.9. The molecule has 1 fully saturated rings. The fourth-order valence-corrected chi connectivity index (χ4v) is 3.25. The molecule has 26 heavy (non-hydrogen) atoms. The van der Waals surface area contributed by atoms with Crippen LogP contribution in [0.3, 0.4) is 0 Å². The summed E-state index contributed by atoms with van der Waals surface area (Å²) in [6, 6.07) is 23.9. The SMILES string of the molecule is CC1(C)OC(c2cccc3ccccc23)N(OCc2ccccc2)C1=O. The largest absolute Gasteiger partial charge is 0.336 e. The van der Waals surface area contributed by atoms with Gasteiger partial charge in [-0.25, -0.2) is 0 Å². The Kier molecular flexibility index (Phi) is 4.23. The zero-order valence-electron chi connectivity index (χ0n) is 14.9. The third-order valence-electron chi connectivity index (χ3n) is 4.64. The molecule has 1 heterocycles. The summed E-state index contributed by atoms with van der Waals surface area (Å²) < 4.78 is 6.11. The third kappa shape index (κ3) is 2.98. The number of hydrogen-bond donors (Lipinski definition) is 0. The van der Waals surface area contributed by atoms with E-state index in [2.05, 4.69) is 12.1 Å². The predicted octanol–water partition coefficient (Wildman–Crippen LogP) is 4.61. The Morgan fingerprint density at radius 2 is 1.65 bits per heavy atom. The van der Waals surface area contributed by atoms with Crippen LogP contribution >= 0.6 is 0 Å². The molecule has 0 saturated carbocycles. The van der Waals surface area contributed by atoms with Gasteiger partial charge in [-0.05, 0) is 30.2 Å². The molecule has 1 atom stereocenters. The molecule has 4 heteroatoms. The van der Waals surface area contributed by atoms with Crippen molar-refractivity contribution in [2.24, 2.45) is 0 Å². The van der Waals surface area contributed by atoms with Gasteiger partial charge in [0, 0.05) is 5.56 Å². The maximum atomic E-state index is 12.8. The van der Waals surface area contributed by atoms with Crippen LogP contribution in [-0.2, 0) is 21.0 Å². The van der Waals surface area contributed by atoms with Crippen LogP contribution in [0.25, 0.3) is 10.8 Å². The van der Waals surface area contributed by atoms with Gasteiger partial charge in [-0.3, -0.25) is 9.63 Å². The maximum Gasteiger partial charge on any atom is 0.280 e. The molecule has 0 bridgehead atoms. The Morgan fingerprint density at radius 3 is 2.46 bits per heavy atom. The van der Waals surface area contributed by atoms with Gasteiger partial charge in [0.25, 0.3) is 5.91 Å². The standard InChI is InChI=1S/C22H21NO3/c1-22(2)21(24)23(25-15-16-9-4-3-5-10-16)20(26-22)19-14-8-12-17-11-6-7-13-18(17)19/h3-14,20H,15H2,1-2H3. The Balaban J connectivity index is 1.69. The summed E-state index contributed by atoms with van der Waals surface area (Å²) in [6.07, 6.45) is -0.577. The van der Waals surface area contributed by atoms with E-state index in [1.54, 1.807) is 13.8 Å². The fourth-order valence-electron chi connectivity index (χ4n) is 3.25. The highest BCUT2D eigenvalue weighted by Gasteiger charge is 2.48. The predicted molar refractivity (Wildman–Crippen MR) is 99.9 cm³/mol. The summed E-state index contributed by atoms with van der Waals surface area (Å²) in [5.74, 6) is -0.175. The van der Waals surface area contributed by atoms with E-state index in [0.717, 1.165) is 21.9 Å². The van der Waals surface area contributed by atoms with Crippen LogP contribution in [0.4, 0.5) is 0 Å². The average molecular weight is 347 g/mol. The lowest BCUT2D eigenvalue weighted by Crippen LogP contribution is -2.36. The summed E-state index contributed by atoms with van der Waals surface area (Å²) in [4.78, 5) is 18.8. The molecule has 3 aromatic rings. The van der Waals surface area contributed by atoms with E-state index in [-0.39, 0.29) is 5.91 Å². The van der Waals surface area contributed by atoms with Crippen LogP contribution in [0.15, 0.2) is 72.8 Å². The van der Waals surface area contributed by atoms with Crippen LogP contribution in [0, 0.1) is 0 Å². The molecule has 1 saturated heterocycles. The summed E-state index contributed by atoms with van der Waals surface area (Å²) in [7, 11) is 0. The Labute approximate surface area is 152 Å². The van der Waals surface area contributed by atoms with Crippen LogP contribution in [0.5, 0.6) is 0 Å². The molecule has 4 rings (SSSR count). The summed E-state index contributed by atoms with van der Waals surface area (Å²) in [5, 5.41) is 3.54. The minimum Gasteiger partial charge on any atom is -0.336 e. The molecule has 4 nitrogen and oxygen atoms in total. The fraction of sp³-hybridized carbons (Fsp3) is 0.227. The molecule has 1 amide bonds. The molecule has 0 radical (unpaired) electrons. The van der Waals surface area contributed by atoms with Crippen LogP contribution < -0.4 is 0 Å². The van der Waals surface area contributed by atoms with Crippen LogP contribution in [0.1, 0.15) is 31.2 Å². The lowest BCUT2D eigenvalue weighted by molar-refractivity contribution is -0.217. The minimum absolute atomic E-state index is 0.175. The average Bonchev–Trinajstić information content (AvgIpc) is 2.89. The molecule has 0 aromatic heterocycles. The number of hydrogen-bond acceptors (Lipinski definition) is 3. The van der Waals surface area contributed by atoms with E-state index in [1.807, 2.05) is 60.7 Å². The first-order valence-electron chi connectivity index (χ1n) is 8.72. The topological polar surface area (TPSA) is 38.8 Å². The molecule has 132 valence electrons. The highest BCUT2D eigenvalue weighted by atomic mass is 16.7. The maximum absolute atomic E-state index is 12.8. The highest BCUT2D eigenvalue weighted by Crippen LogP contribution is 2.40. The van der Waals surface area contributed by atoms with Gasteiger partial charge in [-0.15, -0.1) is 0 Å². The number of benzene rings is 3. The second kappa shape index (κ2) is 6.56. The van der Waals surface area contributed by atoms with Crippen LogP contribution in [0.2, 0.25) is 0 Å². The van der Waals surface area contributed by atoms with Crippen LogP contribution in [-0.4, -0.2) is 16.6 Å². The molecule has 1 aliphatic heterocycles. The monoisotopic (exact) mass is 347 g/mol. The zero-order chi connectivity index (χ0) is 18.1. The smallest absolute Gasteiger partial charge is 0.280 e. The van der Waals surface area contributed by atoms with Gasteiger partial charge in [0.1, 0.15) is 12.2 Å². The third-order valence-corrected chi connectivity index (χ3v) is 4.64. The number of fused-ring (bicyclic) bond motifs is 1. The van der Waals surface area contributed by atoms with E-state index >= 15 is 0 Å². The molecule has 1 aliphatic rings. The molecule has 0 spiro atoms. The van der Waals surface area contributed by atoms with Crippen molar-refractivity contribution in [3.8, 4) is 0 Å². The summed E-state index contributed by atoms with van der Waals surface area (Å²) in [5.41, 5.74) is 0.995. The Bertz CT molecular complexity index is 931. The van der Waals surface area contributed by atoms with Crippen molar-refractivity contribution in [2.45, 2.75) is 32.3 Å². The van der Waals surface area contributed by atoms with Gasteiger partial charge in [0.05, 0.1) is 0 Å². The molecule has 1 unspecified atom stereocenters. The lowest BCUT2D eigenvalue weighted by Gasteiger charge is -2.23. The first kappa shape index (κ1) is 16.8. The van der Waals surface area contributed by atoms with E-state index in [1.165, 1.54) is 5.06 Å². The van der Waals surface area contributed by atoms with Crippen molar-refractivity contribution in [1.29, 1.82) is 0 Å². The second-order valence-corrected chi connectivity index (χ2v) is 6.94. The minimum atomic E-state index is -0.932.